The highest BCUT2D eigenvalue weighted by atomic mass is 79.9. The van der Waals surface area contributed by atoms with Crippen molar-refractivity contribution in [2.45, 2.75) is 13.3 Å². The third-order valence-electron chi connectivity index (χ3n) is 2.65. The van der Waals surface area contributed by atoms with Crippen LogP contribution in [0.4, 0.5) is 5.69 Å². The molecule has 0 aliphatic heterocycles. The molecule has 0 aliphatic rings. The summed E-state index contributed by atoms with van der Waals surface area (Å²) in [7, 11) is 0. The summed E-state index contributed by atoms with van der Waals surface area (Å²) >= 11 is 9.41. The Morgan fingerprint density at radius 2 is 2.14 bits per heavy atom. The van der Waals surface area contributed by atoms with Gasteiger partial charge in [0.25, 0.3) is 0 Å². The number of anilines is 1. The number of hydrogen-bond donors (Lipinski definition) is 1. The van der Waals surface area contributed by atoms with E-state index in [-0.39, 0.29) is 0 Å². The van der Waals surface area contributed by atoms with Crippen molar-refractivity contribution in [1.29, 1.82) is 0 Å². The monoisotopic (exact) mass is 366 g/mol. The molecule has 0 aliphatic carbocycles. The second-order valence-corrected chi connectivity index (χ2v) is 5.71. The van der Waals surface area contributed by atoms with E-state index in [0.717, 1.165) is 27.9 Å². The summed E-state index contributed by atoms with van der Waals surface area (Å²) in [6.45, 7) is 2.79. The summed E-state index contributed by atoms with van der Waals surface area (Å²) in [5.41, 5.74) is 4.76. The lowest BCUT2D eigenvalue weighted by Crippen LogP contribution is -1.96. The van der Waals surface area contributed by atoms with Crippen LogP contribution in [-0.2, 0) is 0 Å². The van der Waals surface area contributed by atoms with Crippen LogP contribution in [0.25, 0.3) is 0 Å². The lowest BCUT2D eigenvalue weighted by atomic mass is 10.2. The van der Waals surface area contributed by atoms with E-state index in [1.54, 1.807) is 6.21 Å². The van der Waals surface area contributed by atoms with Gasteiger partial charge in [0.1, 0.15) is 5.75 Å². The van der Waals surface area contributed by atoms with Crippen molar-refractivity contribution in [3.8, 4) is 5.75 Å². The lowest BCUT2D eigenvalue weighted by molar-refractivity contribution is 0.315. The smallest absolute Gasteiger partial charge is 0.133 e. The summed E-state index contributed by atoms with van der Waals surface area (Å²) in [6.07, 6.45) is 2.73. The second kappa shape index (κ2) is 8.05. The molecule has 0 amide bonds. The first-order chi connectivity index (χ1) is 10.2. The van der Waals surface area contributed by atoms with Gasteiger partial charge in [-0.2, -0.15) is 5.10 Å². The van der Waals surface area contributed by atoms with Gasteiger partial charge in [-0.1, -0.05) is 24.6 Å². The predicted octanol–water partition coefficient (Wildman–Crippen LogP) is 5.34. The third kappa shape index (κ3) is 5.06. The fraction of sp³-hybridized carbons (Fsp3) is 0.188. The van der Waals surface area contributed by atoms with E-state index >= 15 is 0 Å². The van der Waals surface area contributed by atoms with Crippen molar-refractivity contribution in [2.75, 3.05) is 12.0 Å². The number of rotatable bonds is 6. The molecule has 0 heterocycles. The van der Waals surface area contributed by atoms with Crippen molar-refractivity contribution in [3.63, 3.8) is 0 Å². The summed E-state index contributed by atoms with van der Waals surface area (Å²) in [6, 6.07) is 13.3. The van der Waals surface area contributed by atoms with Crippen molar-refractivity contribution < 1.29 is 4.74 Å². The molecule has 0 aromatic heterocycles. The standard InChI is InChI=1S/C16H16BrClN2O/c1-2-8-21-16-7-6-12(9-15(16)17)11-19-20-14-5-3-4-13(18)10-14/h3-7,9-11,20H,2,8H2,1H3. The Morgan fingerprint density at radius 3 is 2.86 bits per heavy atom. The minimum absolute atomic E-state index is 0.676. The highest BCUT2D eigenvalue weighted by Gasteiger charge is 2.01. The number of nitrogens with one attached hydrogen (secondary N) is 1. The fourth-order valence-corrected chi connectivity index (χ4v) is 2.37. The van der Waals surface area contributed by atoms with Gasteiger partial charge >= 0.3 is 0 Å². The van der Waals surface area contributed by atoms with Crippen molar-refractivity contribution >= 4 is 39.4 Å². The van der Waals surface area contributed by atoms with Gasteiger partial charge in [0.15, 0.2) is 0 Å². The molecule has 21 heavy (non-hydrogen) atoms. The first-order valence-corrected chi connectivity index (χ1v) is 7.83. The molecule has 0 fully saturated rings. The minimum Gasteiger partial charge on any atom is -0.492 e. The molecule has 3 nitrogen and oxygen atoms in total. The summed E-state index contributed by atoms with van der Waals surface area (Å²) in [4.78, 5) is 0. The quantitative estimate of drug-likeness (QED) is 0.552. The van der Waals surface area contributed by atoms with Crippen LogP contribution in [0.5, 0.6) is 5.75 Å². The molecule has 0 radical (unpaired) electrons. The molecule has 2 rings (SSSR count). The van der Waals surface area contributed by atoms with Gasteiger partial charge in [-0.15, -0.1) is 0 Å². The fourth-order valence-electron chi connectivity index (χ4n) is 1.67. The molecule has 110 valence electrons. The van der Waals surface area contributed by atoms with Crippen LogP contribution in [0.1, 0.15) is 18.9 Å². The van der Waals surface area contributed by atoms with Gasteiger partial charge in [-0.05, 0) is 64.3 Å². The molecular formula is C16H16BrClN2O. The average Bonchev–Trinajstić information content (AvgIpc) is 2.46. The van der Waals surface area contributed by atoms with Crippen molar-refractivity contribution in [3.05, 3.63) is 57.5 Å². The largest absolute Gasteiger partial charge is 0.492 e. The van der Waals surface area contributed by atoms with E-state index in [1.807, 2.05) is 42.5 Å². The molecule has 0 unspecified atom stereocenters. The molecule has 0 spiro atoms. The normalized spacial score (nSPS) is 10.8. The lowest BCUT2D eigenvalue weighted by Gasteiger charge is -2.07. The Morgan fingerprint density at radius 1 is 1.29 bits per heavy atom. The van der Waals surface area contributed by atoms with Gasteiger partial charge < -0.3 is 4.74 Å². The Labute approximate surface area is 138 Å². The number of hydrogen-bond acceptors (Lipinski definition) is 3. The van der Waals surface area contributed by atoms with Crippen molar-refractivity contribution in [2.24, 2.45) is 5.10 Å². The van der Waals surface area contributed by atoms with Gasteiger partial charge in [-0.25, -0.2) is 0 Å². The molecule has 0 bridgehead atoms. The van der Waals surface area contributed by atoms with E-state index in [1.165, 1.54) is 0 Å². The van der Waals surface area contributed by atoms with Crippen LogP contribution in [0.3, 0.4) is 0 Å². The molecule has 1 N–H and O–H groups in total. The highest BCUT2D eigenvalue weighted by Crippen LogP contribution is 2.25. The van der Waals surface area contributed by atoms with Gasteiger partial charge in [0.05, 0.1) is 23.0 Å². The molecule has 2 aromatic rings. The second-order valence-electron chi connectivity index (χ2n) is 4.42. The average molecular weight is 368 g/mol. The minimum atomic E-state index is 0.676. The Bertz CT molecular complexity index is 631. The Balaban J connectivity index is 1.99. The van der Waals surface area contributed by atoms with Gasteiger partial charge in [-0.3, -0.25) is 5.43 Å². The summed E-state index contributed by atoms with van der Waals surface area (Å²) in [5.74, 6) is 0.844. The number of halogens is 2. The van der Waals surface area contributed by atoms with E-state index in [4.69, 9.17) is 16.3 Å². The molecule has 2 aromatic carbocycles. The molecule has 0 saturated carbocycles. The van der Waals surface area contributed by atoms with Crippen LogP contribution in [0, 0.1) is 0 Å². The molecule has 0 saturated heterocycles. The van der Waals surface area contributed by atoms with Crippen LogP contribution in [-0.4, -0.2) is 12.8 Å². The summed E-state index contributed by atoms with van der Waals surface area (Å²) < 4.78 is 6.53. The molecular weight excluding hydrogens is 352 g/mol. The Hall–Kier alpha value is -1.52. The van der Waals surface area contributed by atoms with Crippen LogP contribution >= 0.6 is 27.5 Å². The first-order valence-electron chi connectivity index (χ1n) is 6.66. The van der Waals surface area contributed by atoms with E-state index in [9.17, 15) is 0 Å². The predicted molar refractivity (Wildman–Crippen MR) is 92.6 cm³/mol. The maximum atomic E-state index is 5.91. The number of benzene rings is 2. The summed E-state index contributed by atoms with van der Waals surface area (Å²) in [5, 5.41) is 4.87. The number of ether oxygens (including phenoxy) is 1. The number of hydrazone groups is 1. The van der Waals surface area contributed by atoms with Crippen LogP contribution < -0.4 is 10.2 Å². The molecule has 0 atom stereocenters. The van der Waals surface area contributed by atoms with Crippen LogP contribution in [0.15, 0.2) is 52.0 Å². The van der Waals surface area contributed by atoms with E-state index in [2.05, 4.69) is 33.4 Å². The third-order valence-corrected chi connectivity index (χ3v) is 3.50. The highest BCUT2D eigenvalue weighted by molar-refractivity contribution is 9.10. The zero-order valence-corrected chi connectivity index (χ0v) is 14.0. The zero-order chi connectivity index (χ0) is 15.1. The maximum Gasteiger partial charge on any atom is 0.133 e. The van der Waals surface area contributed by atoms with Crippen LogP contribution in [0.2, 0.25) is 5.02 Å². The first kappa shape index (κ1) is 15.9. The van der Waals surface area contributed by atoms with Gasteiger partial charge in [0.2, 0.25) is 0 Å². The Kier molecular flexibility index (Phi) is 6.08. The topological polar surface area (TPSA) is 33.6 Å². The van der Waals surface area contributed by atoms with E-state index < -0.39 is 0 Å². The maximum absolute atomic E-state index is 5.91. The van der Waals surface area contributed by atoms with E-state index in [0.29, 0.717) is 11.6 Å². The number of nitrogens with zero attached hydrogens (tertiary/aromatic N) is 1. The van der Waals surface area contributed by atoms with Crippen molar-refractivity contribution in [1.82, 2.24) is 0 Å². The molecule has 5 heteroatoms. The SMILES string of the molecule is CCCOc1ccc(C=NNc2cccc(Cl)c2)cc1Br. The van der Waals surface area contributed by atoms with Gasteiger partial charge in [0, 0.05) is 5.02 Å². The zero-order valence-electron chi connectivity index (χ0n) is 11.6.